The highest BCUT2D eigenvalue weighted by atomic mass is 16.1. The lowest BCUT2D eigenvalue weighted by molar-refractivity contribution is -0.114. The number of aromatic amines is 1. The quantitative estimate of drug-likeness (QED) is 0.609. The second-order valence-electron chi connectivity index (χ2n) is 2.12. The van der Waals surface area contributed by atoms with Crippen LogP contribution in [-0.2, 0) is 4.79 Å². The van der Waals surface area contributed by atoms with E-state index in [1.807, 2.05) is 0 Å². The van der Waals surface area contributed by atoms with Gasteiger partial charge in [0.2, 0.25) is 5.91 Å². The number of carbonyl (C=O) groups is 1. The molecule has 0 fully saturated rings. The van der Waals surface area contributed by atoms with Crippen LogP contribution in [0.2, 0.25) is 0 Å². The Bertz CT molecular complexity index is 316. The van der Waals surface area contributed by atoms with Crippen molar-refractivity contribution in [3.05, 3.63) is 28.6 Å². The van der Waals surface area contributed by atoms with Crippen molar-refractivity contribution in [2.75, 3.05) is 5.32 Å². The van der Waals surface area contributed by atoms with Gasteiger partial charge in [0.05, 0.1) is 0 Å². The summed E-state index contributed by atoms with van der Waals surface area (Å²) in [5.41, 5.74) is -0.132. The van der Waals surface area contributed by atoms with Crippen LogP contribution in [0.3, 0.4) is 0 Å². The Balaban J connectivity index is 2.88. The molecule has 1 heterocycles. The van der Waals surface area contributed by atoms with E-state index in [4.69, 9.17) is 0 Å². The SMILES string of the molecule is CC(=O)Nc1cc(=O)cc[nH]1. The maximum Gasteiger partial charge on any atom is 0.222 e. The molecule has 0 spiro atoms. The van der Waals surface area contributed by atoms with Crippen LogP contribution in [0, 0.1) is 0 Å². The van der Waals surface area contributed by atoms with Gasteiger partial charge in [-0.05, 0) is 0 Å². The molecular weight excluding hydrogens is 144 g/mol. The molecule has 1 aromatic rings. The van der Waals surface area contributed by atoms with Crippen LogP contribution < -0.4 is 10.7 Å². The van der Waals surface area contributed by atoms with Crippen LogP contribution in [-0.4, -0.2) is 10.9 Å². The normalized spacial score (nSPS) is 9.18. The lowest BCUT2D eigenvalue weighted by Gasteiger charge is -1.98. The fraction of sp³-hybridized carbons (Fsp3) is 0.143. The number of aromatic nitrogens is 1. The van der Waals surface area contributed by atoms with Gasteiger partial charge in [-0.3, -0.25) is 9.59 Å². The minimum absolute atomic E-state index is 0.132. The molecule has 0 atom stereocenters. The molecule has 0 bridgehead atoms. The predicted octanol–water partition coefficient (Wildman–Crippen LogP) is 0.333. The smallest absolute Gasteiger partial charge is 0.222 e. The number of rotatable bonds is 1. The topological polar surface area (TPSA) is 62.0 Å². The Morgan fingerprint density at radius 2 is 2.36 bits per heavy atom. The molecule has 0 saturated carbocycles. The number of carbonyl (C=O) groups excluding carboxylic acids is 1. The average molecular weight is 152 g/mol. The van der Waals surface area contributed by atoms with Crippen LogP contribution in [0.4, 0.5) is 5.82 Å². The summed E-state index contributed by atoms with van der Waals surface area (Å²) in [5, 5.41) is 2.45. The van der Waals surface area contributed by atoms with Crippen LogP contribution in [0.5, 0.6) is 0 Å². The zero-order valence-electron chi connectivity index (χ0n) is 6.05. The van der Waals surface area contributed by atoms with Gasteiger partial charge in [0.25, 0.3) is 0 Å². The first-order chi connectivity index (χ1) is 5.18. The van der Waals surface area contributed by atoms with Crippen LogP contribution in [0.25, 0.3) is 0 Å². The summed E-state index contributed by atoms with van der Waals surface area (Å²) in [4.78, 5) is 23.9. The molecule has 58 valence electrons. The third-order valence-electron chi connectivity index (χ3n) is 1.08. The van der Waals surface area contributed by atoms with E-state index in [1.54, 1.807) is 0 Å². The van der Waals surface area contributed by atoms with E-state index >= 15 is 0 Å². The molecule has 4 heteroatoms. The highest BCUT2D eigenvalue weighted by molar-refractivity contribution is 5.87. The van der Waals surface area contributed by atoms with Crippen molar-refractivity contribution in [1.29, 1.82) is 0 Å². The maximum absolute atomic E-state index is 10.7. The lowest BCUT2D eigenvalue weighted by Crippen LogP contribution is -2.09. The van der Waals surface area contributed by atoms with Gasteiger partial charge in [-0.1, -0.05) is 0 Å². The Hall–Kier alpha value is -1.58. The molecule has 0 saturated heterocycles. The number of H-pyrrole nitrogens is 1. The summed E-state index contributed by atoms with van der Waals surface area (Å²) in [6, 6.07) is 2.70. The zero-order valence-corrected chi connectivity index (χ0v) is 6.05. The molecular formula is C7H8N2O2. The molecule has 0 aliphatic carbocycles. The van der Waals surface area contributed by atoms with Gasteiger partial charge in [0.1, 0.15) is 5.82 Å². The first kappa shape index (κ1) is 7.53. The Labute approximate surface area is 63.3 Å². The first-order valence-electron chi connectivity index (χ1n) is 3.15. The minimum atomic E-state index is -0.202. The fourth-order valence-corrected chi connectivity index (χ4v) is 0.707. The van der Waals surface area contributed by atoms with E-state index in [0.717, 1.165) is 0 Å². The van der Waals surface area contributed by atoms with Gasteiger partial charge < -0.3 is 10.3 Å². The number of hydrogen-bond acceptors (Lipinski definition) is 2. The summed E-state index contributed by atoms with van der Waals surface area (Å²) >= 11 is 0. The van der Waals surface area contributed by atoms with Gasteiger partial charge in [-0.15, -0.1) is 0 Å². The van der Waals surface area contributed by atoms with E-state index in [0.29, 0.717) is 5.82 Å². The number of hydrogen-bond donors (Lipinski definition) is 2. The van der Waals surface area contributed by atoms with E-state index in [2.05, 4.69) is 10.3 Å². The Morgan fingerprint density at radius 3 is 2.91 bits per heavy atom. The monoisotopic (exact) mass is 152 g/mol. The summed E-state index contributed by atoms with van der Waals surface area (Å²) in [5.74, 6) is 0.219. The molecule has 0 aliphatic rings. The van der Waals surface area contributed by atoms with E-state index in [1.165, 1.54) is 25.3 Å². The largest absolute Gasteiger partial charge is 0.348 e. The summed E-state index contributed by atoms with van der Waals surface area (Å²) in [7, 11) is 0. The lowest BCUT2D eigenvalue weighted by atomic mass is 10.4. The van der Waals surface area contributed by atoms with Gasteiger partial charge in [0, 0.05) is 25.3 Å². The molecule has 1 aromatic heterocycles. The van der Waals surface area contributed by atoms with Crippen LogP contribution in [0.1, 0.15) is 6.92 Å². The Morgan fingerprint density at radius 1 is 1.64 bits per heavy atom. The molecule has 2 N–H and O–H groups in total. The van der Waals surface area contributed by atoms with Crippen molar-refractivity contribution in [1.82, 2.24) is 4.98 Å². The number of pyridine rings is 1. The maximum atomic E-state index is 10.7. The van der Waals surface area contributed by atoms with Gasteiger partial charge >= 0.3 is 0 Å². The molecule has 11 heavy (non-hydrogen) atoms. The molecule has 1 rings (SSSR count). The summed E-state index contributed by atoms with van der Waals surface area (Å²) in [6.45, 7) is 1.38. The second kappa shape index (κ2) is 3.01. The highest BCUT2D eigenvalue weighted by Gasteiger charge is 1.93. The molecule has 0 radical (unpaired) electrons. The second-order valence-corrected chi connectivity index (χ2v) is 2.12. The van der Waals surface area contributed by atoms with Crippen LogP contribution in [0.15, 0.2) is 23.1 Å². The van der Waals surface area contributed by atoms with Crippen molar-refractivity contribution in [2.24, 2.45) is 0 Å². The van der Waals surface area contributed by atoms with Gasteiger partial charge in [-0.25, -0.2) is 0 Å². The average Bonchev–Trinajstić information content (AvgIpc) is 1.85. The molecule has 4 nitrogen and oxygen atoms in total. The Kier molecular flexibility index (Phi) is 2.06. The molecule has 0 unspecified atom stereocenters. The first-order valence-corrected chi connectivity index (χ1v) is 3.15. The number of amides is 1. The van der Waals surface area contributed by atoms with Crippen molar-refractivity contribution < 1.29 is 4.79 Å². The van der Waals surface area contributed by atoms with E-state index < -0.39 is 0 Å². The standard InChI is InChI=1S/C7H8N2O2/c1-5(10)9-7-4-6(11)2-3-8-7/h2-4H,1H3,(H2,8,9,10,11). The third kappa shape index (κ3) is 2.25. The van der Waals surface area contributed by atoms with E-state index in [-0.39, 0.29) is 11.3 Å². The zero-order chi connectivity index (χ0) is 8.27. The van der Waals surface area contributed by atoms with Crippen molar-refractivity contribution >= 4 is 11.7 Å². The molecule has 1 amide bonds. The summed E-state index contributed by atoms with van der Waals surface area (Å²) in [6.07, 6.45) is 1.48. The van der Waals surface area contributed by atoms with E-state index in [9.17, 15) is 9.59 Å². The van der Waals surface area contributed by atoms with Crippen LogP contribution >= 0.6 is 0 Å². The molecule has 0 aromatic carbocycles. The highest BCUT2D eigenvalue weighted by Crippen LogP contribution is 1.94. The fourth-order valence-electron chi connectivity index (χ4n) is 0.707. The minimum Gasteiger partial charge on any atom is -0.348 e. The molecule has 0 aliphatic heterocycles. The summed E-state index contributed by atoms with van der Waals surface area (Å²) < 4.78 is 0. The predicted molar refractivity (Wildman–Crippen MR) is 41.4 cm³/mol. The van der Waals surface area contributed by atoms with Crippen molar-refractivity contribution in [2.45, 2.75) is 6.92 Å². The van der Waals surface area contributed by atoms with Crippen molar-refractivity contribution in [3.8, 4) is 0 Å². The third-order valence-corrected chi connectivity index (χ3v) is 1.08. The number of anilines is 1. The van der Waals surface area contributed by atoms with Crippen molar-refractivity contribution in [3.63, 3.8) is 0 Å². The van der Waals surface area contributed by atoms with Gasteiger partial charge in [-0.2, -0.15) is 0 Å². The number of nitrogens with one attached hydrogen (secondary N) is 2. The van der Waals surface area contributed by atoms with Gasteiger partial charge in [0.15, 0.2) is 5.43 Å².